The highest BCUT2D eigenvalue weighted by Gasteiger charge is 2.31. The van der Waals surface area contributed by atoms with Gasteiger partial charge in [0.1, 0.15) is 0 Å². The zero-order valence-corrected chi connectivity index (χ0v) is 14.1. The Morgan fingerprint density at radius 2 is 1.92 bits per heavy atom. The summed E-state index contributed by atoms with van der Waals surface area (Å²) in [6.45, 7) is 2.58. The standard InChI is InChI=1S/C15H16ClF3N2O4/c1-8(25-13(23)5-6-20-9(2)22)14(24)21-12-7-10(15(17,18)19)3-4-11(12)16/h3-4,7-8H,5-6H2,1-2H3,(H,20,22)(H,21,24)/t8-/m1/s1. The van der Waals surface area contributed by atoms with Gasteiger partial charge in [-0.05, 0) is 25.1 Å². The molecule has 0 unspecified atom stereocenters. The molecule has 0 aromatic heterocycles. The largest absolute Gasteiger partial charge is 0.452 e. The fraction of sp³-hybridized carbons (Fsp3) is 0.400. The summed E-state index contributed by atoms with van der Waals surface area (Å²) in [6.07, 6.45) is -6.00. The molecule has 0 radical (unpaired) electrons. The monoisotopic (exact) mass is 380 g/mol. The second kappa shape index (κ2) is 8.70. The molecule has 1 aromatic carbocycles. The van der Waals surface area contributed by atoms with Crippen LogP contribution in [0, 0.1) is 0 Å². The number of halogens is 4. The van der Waals surface area contributed by atoms with Crippen molar-refractivity contribution < 1.29 is 32.3 Å². The number of anilines is 1. The minimum atomic E-state index is -4.59. The van der Waals surface area contributed by atoms with Crippen LogP contribution < -0.4 is 10.6 Å². The van der Waals surface area contributed by atoms with Crippen molar-refractivity contribution in [1.82, 2.24) is 5.32 Å². The van der Waals surface area contributed by atoms with Crippen molar-refractivity contribution in [3.63, 3.8) is 0 Å². The van der Waals surface area contributed by atoms with Crippen molar-refractivity contribution in [2.24, 2.45) is 0 Å². The molecule has 0 saturated heterocycles. The average Bonchev–Trinajstić information content (AvgIpc) is 2.47. The Kier molecular flexibility index (Phi) is 7.22. The van der Waals surface area contributed by atoms with E-state index in [1.54, 1.807) is 0 Å². The van der Waals surface area contributed by atoms with Gasteiger partial charge in [0.25, 0.3) is 5.91 Å². The summed E-state index contributed by atoms with van der Waals surface area (Å²) in [6, 6.07) is 2.47. The fourth-order valence-corrected chi connectivity index (χ4v) is 1.85. The summed E-state index contributed by atoms with van der Waals surface area (Å²) in [7, 11) is 0. The van der Waals surface area contributed by atoms with Gasteiger partial charge in [0, 0.05) is 13.5 Å². The lowest BCUT2D eigenvalue weighted by atomic mass is 10.2. The van der Waals surface area contributed by atoms with Gasteiger partial charge in [-0.3, -0.25) is 14.4 Å². The SMILES string of the molecule is CC(=O)NCCC(=O)O[C@H](C)C(=O)Nc1cc(C(F)(F)F)ccc1Cl. The predicted molar refractivity (Wildman–Crippen MR) is 83.9 cm³/mol. The van der Waals surface area contributed by atoms with Gasteiger partial charge in [-0.25, -0.2) is 0 Å². The van der Waals surface area contributed by atoms with E-state index in [1.807, 2.05) is 0 Å². The average molecular weight is 381 g/mol. The summed E-state index contributed by atoms with van der Waals surface area (Å²) >= 11 is 5.77. The van der Waals surface area contributed by atoms with Gasteiger partial charge >= 0.3 is 12.1 Å². The number of amides is 2. The molecule has 0 bridgehead atoms. The van der Waals surface area contributed by atoms with Crippen LogP contribution in [-0.2, 0) is 25.3 Å². The van der Waals surface area contributed by atoms with Crippen LogP contribution in [0.3, 0.4) is 0 Å². The molecule has 138 valence electrons. The molecule has 0 aliphatic carbocycles. The van der Waals surface area contributed by atoms with Crippen molar-refractivity contribution in [2.75, 3.05) is 11.9 Å². The van der Waals surface area contributed by atoms with E-state index in [2.05, 4.69) is 10.6 Å². The van der Waals surface area contributed by atoms with Crippen molar-refractivity contribution in [1.29, 1.82) is 0 Å². The lowest BCUT2D eigenvalue weighted by molar-refractivity contribution is -0.153. The van der Waals surface area contributed by atoms with Gasteiger partial charge in [-0.2, -0.15) is 13.2 Å². The Bertz CT molecular complexity index is 665. The highest BCUT2D eigenvalue weighted by molar-refractivity contribution is 6.33. The third kappa shape index (κ3) is 7.00. The number of carbonyl (C=O) groups is 3. The zero-order valence-electron chi connectivity index (χ0n) is 13.4. The van der Waals surface area contributed by atoms with E-state index in [4.69, 9.17) is 16.3 Å². The zero-order chi connectivity index (χ0) is 19.2. The van der Waals surface area contributed by atoms with Crippen LogP contribution in [-0.4, -0.2) is 30.4 Å². The predicted octanol–water partition coefficient (Wildman–Crippen LogP) is 2.76. The van der Waals surface area contributed by atoms with E-state index in [0.717, 1.165) is 12.1 Å². The Morgan fingerprint density at radius 3 is 2.48 bits per heavy atom. The van der Waals surface area contributed by atoms with E-state index in [-0.39, 0.29) is 29.6 Å². The number of esters is 1. The van der Waals surface area contributed by atoms with Gasteiger partial charge in [0.05, 0.1) is 22.7 Å². The molecule has 1 aromatic rings. The molecule has 0 saturated carbocycles. The van der Waals surface area contributed by atoms with E-state index in [9.17, 15) is 27.6 Å². The Labute approximate surface area is 146 Å². The Morgan fingerprint density at radius 1 is 1.28 bits per heavy atom. The van der Waals surface area contributed by atoms with Crippen molar-refractivity contribution in [2.45, 2.75) is 32.5 Å². The minimum absolute atomic E-state index is 0.0436. The lowest BCUT2D eigenvalue weighted by Gasteiger charge is -2.15. The molecule has 0 heterocycles. The lowest BCUT2D eigenvalue weighted by Crippen LogP contribution is -2.31. The highest BCUT2D eigenvalue weighted by Crippen LogP contribution is 2.33. The van der Waals surface area contributed by atoms with Gasteiger partial charge < -0.3 is 15.4 Å². The molecule has 1 atom stereocenters. The maximum atomic E-state index is 12.7. The summed E-state index contributed by atoms with van der Waals surface area (Å²) in [4.78, 5) is 34.1. The smallest absolute Gasteiger partial charge is 0.416 e. The molecule has 0 aliphatic rings. The van der Waals surface area contributed by atoms with Crippen molar-refractivity contribution in [3.05, 3.63) is 28.8 Å². The number of hydrogen-bond donors (Lipinski definition) is 2. The van der Waals surface area contributed by atoms with Crippen LogP contribution >= 0.6 is 11.6 Å². The summed E-state index contributed by atoms with van der Waals surface area (Å²) < 4.78 is 42.9. The molecule has 0 aliphatic heterocycles. The normalized spacial score (nSPS) is 12.2. The Hall–Kier alpha value is -2.29. The molecule has 2 amide bonds. The molecular weight excluding hydrogens is 365 g/mol. The van der Waals surface area contributed by atoms with Crippen LogP contribution in [0.15, 0.2) is 18.2 Å². The van der Waals surface area contributed by atoms with Crippen LogP contribution in [0.1, 0.15) is 25.8 Å². The first-order valence-corrected chi connectivity index (χ1v) is 7.50. The Balaban J connectivity index is 2.66. The molecule has 1 rings (SSSR count). The van der Waals surface area contributed by atoms with Crippen LogP contribution in [0.4, 0.5) is 18.9 Å². The molecule has 0 spiro atoms. The fourth-order valence-electron chi connectivity index (χ4n) is 1.68. The molecule has 6 nitrogen and oxygen atoms in total. The van der Waals surface area contributed by atoms with Crippen LogP contribution in [0.5, 0.6) is 0 Å². The summed E-state index contributed by atoms with van der Waals surface area (Å²) in [5.74, 6) is -1.90. The second-order valence-corrected chi connectivity index (χ2v) is 5.45. The molecule has 25 heavy (non-hydrogen) atoms. The van der Waals surface area contributed by atoms with Crippen molar-refractivity contribution >= 4 is 35.1 Å². The van der Waals surface area contributed by atoms with Crippen molar-refractivity contribution in [3.8, 4) is 0 Å². The third-order valence-electron chi connectivity index (χ3n) is 2.93. The summed E-state index contributed by atoms with van der Waals surface area (Å²) in [5, 5.41) is 4.47. The highest BCUT2D eigenvalue weighted by atomic mass is 35.5. The second-order valence-electron chi connectivity index (χ2n) is 5.05. The summed E-state index contributed by atoms with van der Waals surface area (Å²) in [5.41, 5.74) is -1.23. The van der Waals surface area contributed by atoms with E-state index >= 15 is 0 Å². The number of rotatable bonds is 6. The van der Waals surface area contributed by atoms with E-state index in [0.29, 0.717) is 6.07 Å². The first-order valence-electron chi connectivity index (χ1n) is 7.12. The number of hydrogen-bond acceptors (Lipinski definition) is 4. The van der Waals surface area contributed by atoms with Crippen LogP contribution in [0.25, 0.3) is 0 Å². The van der Waals surface area contributed by atoms with Gasteiger partial charge in [-0.15, -0.1) is 0 Å². The van der Waals surface area contributed by atoms with Gasteiger partial charge in [0.15, 0.2) is 6.10 Å². The molecule has 10 heteroatoms. The first kappa shape index (κ1) is 20.8. The van der Waals surface area contributed by atoms with E-state index < -0.39 is 29.7 Å². The number of benzene rings is 1. The number of alkyl halides is 3. The number of carbonyl (C=O) groups excluding carboxylic acids is 3. The molecule has 0 fully saturated rings. The van der Waals surface area contributed by atoms with Gasteiger partial charge in [-0.1, -0.05) is 11.6 Å². The maximum Gasteiger partial charge on any atom is 0.416 e. The molecular formula is C15H16ClF3N2O4. The number of ether oxygens (including phenoxy) is 1. The molecule has 2 N–H and O–H groups in total. The first-order chi connectivity index (χ1) is 11.5. The maximum absolute atomic E-state index is 12.7. The number of nitrogens with one attached hydrogen (secondary N) is 2. The topological polar surface area (TPSA) is 84.5 Å². The van der Waals surface area contributed by atoms with E-state index in [1.165, 1.54) is 13.8 Å². The quantitative estimate of drug-likeness (QED) is 0.743. The van der Waals surface area contributed by atoms with Gasteiger partial charge in [0.2, 0.25) is 5.91 Å². The van der Waals surface area contributed by atoms with Crippen LogP contribution in [0.2, 0.25) is 5.02 Å². The minimum Gasteiger partial charge on any atom is -0.452 e. The third-order valence-corrected chi connectivity index (χ3v) is 3.26.